The average molecular weight is 315 g/mol. The summed E-state index contributed by atoms with van der Waals surface area (Å²) < 4.78 is 14.5. The Kier molecular flexibility index (Phi) is 3.98. The van der Waals surface area contributed by atoms with Crippen LogP contribution in [-0.4, -0.2) is 15.7 Å². The van der Waals surface area contributed by atoms with Crippen LogP contribution in [0, 0.1) is 12.7 Å². The van der Waals surface area contributed by atoms with Crippen LogP contribution in [0.1, 0.15) is 36.2 Å². The minimum atomic E-state index is -0.768. The lowest BCUT2D eigenvalue weighted by Crippen LogP contribution is -2.34. The molecule has 120 valence electrons. The number of halogens is 1. The number of fused-ring (bicyclic) bond motifs is 1. The Bertz CT molecular complexity index is 829. The zero-order valence-electron chi connectivity index (χ0n) is 13.1. The lowest BCUT2D eigenvalue weighted by molar-refractivity contribution is -0.119. The summed E-state index contributed by atoms with van der Waals surface area (Å²) in [4.78, 5) is 24.6. The lowest BCUT2D eigenvalue weighted by Gasteiger charge is -2.16. The fourth-order valence-corrected chi connectivity index (χ4v) is 2.77. The van der Waals surface area contributed by atoms with Crippen molar-refractivity contribution in [1.82, 2.24) is 9.78 Å². The first-order valence-electron chi connectivity index (χ1n) is 7.64. The molecule has 1 atom stereocenters. The van der Waals surface area contributed by atoms with Crippen molar-refractivity contribution in [2.75, 3.05) is 5.32 Å². The predicted molar refractivity (Wildman–Crippen MR) is 85.0 cm³/mol. The van der Waals surface area contributed by atoms with Crippen molar-refractivity contribution in [2.45, 2.75) is 39.2 Å². The maximum Gasteiger partial charge on any atom is 0.267 e. The van der Waals surface area contributed by atoms with Gasteiger partial charge in [-0.2, -0.15) is 5.10 Å². The van der Waals surface area contributed by atoms with Crippen LogP contribution in [0.15, 0.2) is 29.1 Å². The van der Waals surface area contributed by atoms with Crippen LogP contribution < -0.4 is 10.9 Å². The molecule has 3 rings (SSSR count). The summed E-state index contributed by atoms with van der Waals surface area (Å²) in [6, 6.07) is 4.98. The number of nitrogens with zero attached hydrogens (tertiary/aromatic N) is 2. The van der Waals surface area contributed by atoms with Gasteiger partial charge in [0.15, 0.2) is 0 Å². The molecule has 1 aliphatic rings. The Hall–Kier alpha value is -2.50. The third-order valence-corrected chi connectivity index (χ3v) is 4.19. The fraction of sp³-hybridized carbons (Fsp3) is 0.353. The molecule has 1 N–H and O–H groups in total. The highest BCUT2D eigenvalue weighted by Gasteiger charge is 2.21. The van der Waals surface area contributed by atoms with Crippen molar-refractivity contribution < 1.29 is 9.18 Å². The van der Waals surface area contributed by atoms with E-state index in [1.807, 2.05) is 0 Å². The van der Waals surface area contributed by atoms with E-state index in [-0.39, 0.29) is 5.56 Å². The Labute approximate surface area is 133 Å². The molecule has 23 heavy (non-hydrogen) atoms. The minimum absolute atomic E-state index is 0.288. The van der Waals surface area contributed by atoms with Crippen LogP contribution in [0.4, 0.5) is 10.1 Å². The average Bonchev–Trinajstić information content (AvgIpc) is 2.96. The van der Waals surface area contributed by atoms with E-state index in [1.165, 1.54) is 16.8 Å². The lowest BCUT2D eigenvalue weighted by atomic mass is 10.2. The molecule has 2 aromatic rings. The molecule has 0 bridgehead atoms. The number of carbonyl (C=O) groups is 1. The van der Waals surface area contributed by atoms with Gasteiger partial charge in [-0.3, -0.25) is 9.59 Å². The number of hydrogen-bond acceptors (Lipinski definition) is 3. The van der Waals surface area contributed by atoms with Gasteiger partial charge in [0.05, 0.1) is 5.69 Å². The van der Waals surface area contributed by atoms with Crippen molar-refractivity contribution in [3.8, 4) is 0 Å². The number of aromatic nitrogens is 2. The molecule has 1 aromatic carbocycles. The minimum Gasteiger partial charge on any atom is -0.324 e. The van der Waals surface area contributed by atoms with Gasteiger partial charge in [0.1, 0.15) is 11.9 Å². The highest BCUT2D eigenvalue weighted by Crippen LogP contribution is 2.20. The van der Waals surface area contributed by atoms with Crippen LogP contribution >= 0.6 is 0 Å². The largest absolute Gasteiger partial charge is 0.324 e. The number of rotatable bonds is 3. The van der Waals surface area contributed by atoms with E-state index in [4.69, 9.17) is 0 Å². The van der Waals surface area contributed by atoms with E-state index in [0.717, 1.165) is 36.1 Å². The van der Waals surface area contributed by atoms with E-state index in [2.05, 4.69) is 10.4 Å². The zero-order chi connectivity index (χ0) is 16.6. The van der Waals surface area contributed by atoms with Gasteiger partial charge in [0.2, 0.25) is 5.91 Å². The summed E-state index contributed by atoms with van der Waals surface area (Å²) in [6.45, 7) is 3.39. The first-order valence-corrected chi connectivity index (χ1v) is 7.64. The van der Waals surface area contributed by atoms with Gasteiger partial charge in [0, 0.05) is 11.8 Å². The summed E-state index contributed by atoms with van der Waals surface area (Å²) in [7, 11) is 0. The van der Waals surface area contributed by atoms with Crippen molar-refractivity contribution >= 4 is 11.6 Å². The smallest absolute Gasteiger partial charge is 0.267 e. The van der Waals surface area contributed by atoms with Gasteiger partial charge in [-0.05, 0) is 56.4 Å². The predicted octanol–water partition coefficient (Wildman–Crippen LogP) is 2.38. The van der Waals surface area contributed by atoms with Gasteiger partial charge in [0.25, 0.3) is 5.56 Å². The highest BCUT2D eigenvalue weighted by atomic mass is 19.1. The molecular formula is C17H18FN3O2. The van der Waals surface area contributed by atoms with E-state index >= 15 is 0 Å². The second-order valence-electron chi connectivity index (χ2n) is 5.88. The molecule has 1 aliphatic carbocycles. The van der Waals surface area contributed by atoms with Gasteiger partial charge >= 0.3 is 0 Å². The fourth-order valence-electron chi connectivity index (χ4n) is 2.77. The molecule has 1 amide bonds. The Balaban J connectivity index is 1.85. The summed E-state index contributed by atoms with van der Waals surface area (Å²) in [5.74, 6) is -0.822. The van der Waals surface area contributed by atoms with Gasteiger partial charge < -0.3 is 5.32 Å². The van der Waals surface area contributed by atoms with Crippen LogP contribution in [-0.2, 0) is 17.6 Å². The Morgan fingerprint density at radius 2 is 2.13 bits per heavy atom. The van der Waals surface area contributed by atoms with Crippen LogP contribution in [0.3, 0.4) is 0 Å². The standard InChI is InChI=1S/C17H18FN3O2/c1-10-6-7-13(18)9-15(10)19-17(23)11(2)21-16(22)8-12-4-3-5-14(12)20-21/h6-9,11H,3-5H2,1-2H3,(H,19,23)/t11-/m1/s1. The van der Waals surface area contributed by atoms with Crippen molar-refractivity contribution in [3.63, 3.8) is 0 Å². The van der Waals surface area contributed by atoms with Crippen molar-refractivity contribution in [3.05, 3.63) is 57.3 Å². The number of nitrogens with one attached hydrogen (secondary N) is 1. The maximum absolute atomic E-state index is 13.3. The van der Waals surface area contributed by atoms with Gasteiger partial charge in [-0.25, -0.2) is 9.07 Å². The van der Waals surface area contributed by atoms with Crippen LogP contribution in [0.5, 0.6) is 0 Å². The monoisotopic (exact) mass is 315 g/mol. The number of anilines is 1. The molecule has 0 spiro atoms. The second kappa shape index (κ2) is 5.95. The molecule has 0 radical (unpaired) electrons. The molecule has 0 fully saturated rings. The highest BCUT2D eigenvalue weighted by molar-refractivity contribution is 5.94. The van der Waals surface area contributed by atoms with Crippen molar-refractivity contribution in [2.24, 2.45) is 0 Å². The first-order chi connectivity index (χ1) is 11.0. The number of carbonyl (C=O) groups excluding carboxylic acids is 1. The number of amides is 1. The molecule has 0 unspecified atom stereocenters. The quantitative estimate of drug-likeness (QED) is 0.946. The second-order valence-corrected chi connectivity index (χ2v) is 5.88. The number of hydrogen-bond donors (Lipinski definition) is 1. The van der Waals surface area contributed by atoms with Gasteiger partial charge in [-0.1, -0.05) is 6.07 Å². The molecule has 0 saturated carbocycles. The van der Waals surface area contributed by atoms with Crippen LogP contribution in [0.2, 0.25) is 0 Å². The molecule has 0 saturated heterocycles. The van der Waals surface area contributed by atoms with E-state index in [0.29, 0.717) is 5.69 Å². The summed E-state index contributed by atoms with van der Waals surface area (Å²) in [5.41, 5.74) is 2.72. The van der Waals surface area contributed by atoms with E-state index < -0.39 is 17.8 Å². The van der Waals surface area contributed by atoms with Gasteiger partial charge in [-0.15, -0.1) is 0 Å². The summed E-state index contributed by atoms with van der Waals surface area (Å²) in [6.07, 6.45) is 2.67. The van der Waals surface area contributed by atoms with E-state index in [9.17, 15) is 14.0 Å². The van der Waals surface area contributed by atoms with Crippen molar-refractivity contribution in [1.29, 1.82) is 0 Å². The number of benzene rings is 1. The van der Waals surface area contributed by atoms with E-state index in [1.54, 1.807) is 26.0 Å². The molecule has 1 heterocycles. The third kappa shape index (κ3) is 3.02. The topological polar surface area (TPSA) is 64.0 Å². The summed E-state index contributed by atoms with van der Waals surface area (Å²) in [5, 5.41) is 6.99. The first kappa shape index (κ1) is 15.4. The molecule has 1 aromatic heterocycles. The normalized spacial score (nSPS) is 14.4. The maximum atomic E-state index is 13.3. The molecular weight excluding hydrogens is 297 g/mol. The number of aryl methyl sites for hydroxylation is 3. The molecule has 0 aliphatic heterocycles. The molecule has 5 nitrogen and oxygen atoms in total. The third-order valence-electron chi connectivity index (χ3n) is 4.19. The zero-order valence-corrected chi connectivity index (χ0v) is 13.1. The Morgan fingerprint density at radius 1 is 1.35 bits per heavy atom. The SMILES string of the molecule is Cc1ccc(F)cc1NC(=O)[C@@H](C)n1nc2c(cc1=O)CCC2. The molecule has 6 heteroatoms. The Morgan fingerprint density at radius 3 is 2.91 bits per heavy atom. The van der Waals surface area contributed by atoms with Crippen LogP contribution in [0.25, 0.3) is 0 Å². The summed E-state index contributed by atoms with van der Waals surface area (Å²) >= 11 is 0.